The molecule has 2 N–H and O–H groups in total. The largest absolute Gasteiger partial charge is 0.326 e. The monoisotopic (exact) mass is 428 g/mol. The number of hydrogen-bond acceptors (Lipinski definition) is 5. The number of anilines is 1. The molecule has 32 heavy (non-hydrogen) atoms. The van der Waals surface area contributed by atoms with E-state index in [2.05, 4.69) is 15.6 Å². The van der Waals surface area contributed by atoms with Crippen molar-refractivity contribution < 1.29 is 19.2 Å². The van der Waals surface area contributed by atoms with E-state index in [9.17, 15) is 19.2 Å². The van der Waals surface area contributed by atoms with Crippen LogP contribution in [0, 0.1) is 0 Å². The molecule has 4 amide bonds. The van der Waals surface area contributed by atoms with Gasteiger partial charge in [0.05, 0.1) is 5.69 Å². The highest BCUT2D eigenvalue weighted by atomic mass is 16.2. The molecule has 2 aromatic carbocycles. The van der Waals surface area contributed by atoms with Crippen LogP contribution in [0.1, 0.15) is 35.7 Å². The summed E-state index contributed by atoms with van der Waals surface area (Å²) in [6.07, 6.45) is 2.27. The van der Waals surface area contributed by atoms with Crippen molar-refractivity contribution in [3.05, 3.63) is 59.8 Å². The molecule has 3 aromatic rings. The highest BCUT2D eigenvalue weighted by Gasteiger charge is 2.39. The maximum absolute atomic E-state index is 12.9. The molecule has 1 atom stereocenters. The molecular formula is C24H20N4O4. The van der Waals surface area contributed by atoms with Crippen LogP contribution in [0.4, 0.5) is 5.69 Å². The van der Waals surface area contributed by atoms with Gasteiger partial charge in [-0.05, 0) is 47.7 Å². The van der Waals surface area contributed by atoms with Gasteiger partial charge in [-0.2, -0.15) is 0 Å². The summed E-state index contributed by atoms with van der Waals surface area (Å²) in [5, 5.41) is 6.96. The molecule has 3 heterocycles. The Morgan fingerprint density at radius 1 is 1.12 bits per heavy atom. The molecule has 1 fully saturated rings. The highest BCUT2D eigenvalue weighted by Crippen LogP contribution is 2.33. The van der Waals surface area contributed by atoms with Crippen LogP contribution in [-0.2, 0) is 20.9 Å². The minimum Gasteiger partial charge on any atom is -0.326 e. The number of imide groups is 1. The number of carbonyl (C=O) groups is 4. The molecule has 0 spiro atoms. The van der Waals surface area contributed by atoms with E-state index >= 15 is 0 Å². The number of nitrogens with zero attached hydrogens (tertiary/aromatic N) is 2. The molecule has 8 nitrogen and oxygen atoms in total. The van der Waals surface area contributed by atoms with Crippen molar-refractivity contribution in [2.24, 2.45) is 0 Å². The number of amides is 4. The highest BCUT2D eigenvalue weighted by molar-refractivity contribution is 6.06. The molecule has 5 rings (SSSR count). The molecule has 2 aliphatic heterocycles. The summed E-state index contributed by atoms with van der Waals surface area (Å²) < 4.78 is 0. The van der Waals surface area contributed by atoms with Crippen LogP contribution in [0.2, 0.25) is 0 Å². The van der Waals surface area contributed by atoms with Gasteiger partial charge in [-0.15, -0.1) is 0 Å². The first-order valence-electron chi connectivity index (χ1n) is 10.3. The Hall–Kier alpha value is -4.07. The van der Waals surface area contributed by atoms with Gasteiger partial charge in [-0.1, -0.05) is 12.1 Å². The SMILES string of the molecule is CC(=O)Nc1ccc2c(-c3ccc4c(c3)CN(C3CCC(=O)NC3=O)C4=O)nccc2c1. The van der Waals surface area contributed by atoms with E-state index in [1.165, 1.54) is 11.8 Å². The van der Waals surface area contributed by atoms with Crippen LogP contribution in [-0.4, -0.2) is 39.6 Å². The van der Waals surface area contributed by atoms with E-state index in [0.717, 1.165) is 27.6 Å². The quantitative estimate of drug-likeness (QED) is 0.624. The number of nitrogens with one attached hydrogen (secondary N) is 2. The molecule has 2 aliphatic rings. The van der Waals surface area contributed by atoms with Gasteiger partial charge in [0.25, 0.3) is 5.91 Å². The van der Waals surface area contributed by atoms with E-state index in [-0.39, 0.29) is 24.1 Å². The molecule has 0 saturated carbocycles. The molecule has 160 valence electrons. The second-order valence-corrected chi connectivity index (χ2v) is 8.05. The third-order valence-corrected chi connectivity index (χ3v) is 5.88. The van der Waals surface area contributed by atoms with E-state index in [1.807, 2.05) is 36.4 Å². The summed E-state index contributed by atoms with van der Waals surface area (Å²) in [4.78, 5) is 54.1. The fourth-order valence-corrected chi connectivity index (χ4v) is 4.41. The zero-order valence-electron chi connectivity index (χ0n) is 17.3. The van der Waals surface area contributed by atoms with Crippen LogP contribution < -0.4 is 10.6 Å². The topological polar surface area (TPSA) is 108 Å². The number of hydrogen-bond donors (Lipinski definition) is 2. The normalized spacial score (nSPS) is 18.0. The van der Waals surface area contributed by atoms with Gasteiger partial charge in [-0.3, -0.25) is 29.5 Å². The lowest BCUT2D eigenvalue weighted by Crippen LogP contribution is -2.52. The molecule has 0 radical (unpaired) electrons. The van der Waals surface area contributed by atoms with Crippen LogP contribution in [0.5, 0.6) is 0 Å². The number of piperidine rings is 1. The van der Waals surface area contributed by atoms with Gasteiger partial charge in [-0.25, -0.2) is 0 Å². The van der Waals surface area contributed by atoms with Gasteiger partial charge in [0, 0.05) is 48.3 Å². The van der Waals surface area contributed by atoms with Gasteiger partial charge in [0.15, 0.2) is 0 Å². The lowest BCUT2D eigenvalue weighted by molar-refractivity contribution is -0.137. The molecular weight excluding hydrogens is 408 g/mol. The summed E-state index contributed by atoms with van der Waals surface area (Å²) in [7, 11) is 0. The molecule has 1 saturated heterocycles. The van der Waals surface area contributed by atoms with Crippen molar-refractivity contribution >= 4 is 40.1 Å². The van der Waals surface area contributed by atoms with Crippen molar-refractivity contribution in [1.82, 2.24) is 15.2 Å². The summed E-state index contributed by atoms with van der Waals surface area (Å²) >= 11 is 0. The van der Waals surface area contributed by atoms with Crippen molar-refractivity contribution in [1.29, 1.82) is 0 Å². The van der Waals surface area contributed by atoms with E-state index in [0.29, 0.717) is 24.2 Å². The molecule has 0 bridgehead atoms. The average molecular weight is 428 g/mol. The Labute approximate surface area is 183 Å². The van der Waals surface area contributed by atoms with Gasteiger partial charge >= 0.3 is 0 Å². The van der Waals surface area contributed by atoms with Gasteiger partial charge < -0.3 is 10.2 Å². The number of benzene rings is 2. The smallest absolute Gasteiger partial charge is 0.255 e. The minimum absolute atomic E-state index is 0.137. The zero-order chi connectivity index (χ0) is 22.4. The fourth-order valence-electron chi connectivity index (χ4n) is 4.41. The first-order chi connectivity index (χ1) is 15.4. The second kappa shape index (κ2) is 7.56. The molecule has 1 unspecified atom stereocenters. The van der Waals surface area contributed by atoms with Crippen LogP contribution in [0.25, 0.3) is 22.0 Å². The van der Waals surface area contributed by atoms with E-state index in [4.69, 9.17) is 0 Å². The Morgan fingerprint density at radius 3 is 2.75 bits per heavy atom. The number of carbonyl (C=O) groups excluding carboxylic acids is 4. The maximum atomic E-state index is 12.9. The predicted molar refractivity (Wildman–Crippen MR) is 118 cm³/mol. The Kier molecular flexibility index (Phi) is 4.70. The summed E-state index contributed by atoms with van der Waals surface area (Å²) in [5.41, 5.74) is 3.73. The van der Waals surface area contributed by atoms with Crippen molar-refractivity contribution in [2.45, 2.75) is 32.4 Å². The van der Waals surface area contributed by atoms with E-state index in [1.54, 1.807) is 12.3 Å². The van der Waals surface area contributed by atoms with Crippen molar-refractivity contribution in [3.63, 3.8) is 0 Å². The predicted octanol–water partition coefficient (Wildman–Crippen LogP) is 2.62. The number of aromatic nitrogens is 1. The Morgan fingerprint density at radius 2 is 1.97 bits per heavy atom. The van der Waals surface area contributed by atoms with Crippen molar-refractivity contribution in [2.75, 3.05) is 5.32 Å². The van der Waals surface area contributed by atoms with Crippen LogP contribution in [0.15, 0.2) is 48.7 Å². The molecule has 8 heteroatoms. The zero-order valence-corrected chi connectivity index (χ0v) is 17.3. The van der Waals surface area contributed by atoms with Crippen molar-refractivity contribution in [3.8, 4) is 11.3 Å². The van der Waals surface area contributed by atoms with Gasteiger partial charge in [0.2, 0.25) is 17.7 Å². The molecule has 1 aromatic heterocycles. The Balaban J connectivity index is 1.48. The van der Waals surface area contributed by atoms with E-state index < -0.39 is 11.9 Å². The first-order valence-corrected chi connectivity index (χ1v) is 10.3. The Bertz CT molecular complexity index is 1320. The average Bonchev–Trinajstić information content (AvgIpc) is 3.08. The number of fused-ring (bicyclic) bond motifs is 2. The summed E-state index contributed by atoms with van der Waals surface area (Å²) in [5.74, 6) is -1.07. The van der Waals surface area contributed by atoms with Crippen LogP contribution >= 0.6 is 0 Å². The lowest BCUT2D eigenvalue weighted by Gasteiger charge is -2.29. The summed E-state index contributed by atoms with van der Waals surface area (Å²) in [6.45, 7) is 1.78. The van der Waals surface area contributed by atoms with Crippen LogP contribution in [0.3, 0.4) is 0 Å². The first kappa shape index (κ1) is 19.9. The fraction of sp³-hybridized carbons (Fsp3) is 0.208. The molecule has 0 aliphatic carbocycles. The third kappa shape index (κ3) is 3.39. The standard InChI is InChI=1S/C24H20N4O4/c1-13(29)26-17-3-5-18-14(11-17)8-9-25-22(18)15-2-4-19-16(10-15)12-28(24(19)32)20-6-7-21(30)27-23(20)31/h2-5,8-11,20H,6-7,12H2,1H3,(H,26,29)(H,27,30,31). The third-order valence-electron chi connectivity index (χ3n) is 5.88. The minimum atomic E-state index is -0.640. The second-order valence-electron chi connectivity index (χ2n) is 8.05. The maximum Gasteiger partial charge on any atom is 0.255 e. The number of rotatable bonds is 3. The number of pyridine rings is 1. The lowest BCUT2D eigenvalue weighted by atomic mass is 10.00. The van der Waals surface area contributed by atoms with Gasteiger partial charge in [0.1, 0.15) is 6.04 Å². The summed E-state index contributed by atoms with van der Waals surface area (Å²) in [6, 6.07) is 12.4.